The van der Waals surface area contributed by atoms with Crippen LogP contribution in [-0.4, -0.2) is 59.6 Å². The van der Waals surface area contributed by atoms with E-state index in [0.717, 1.165) is 50.3 Å². The Bertz CT molecular complexity index is 661. The quantitative estimate of drug-likeness (QED) is 0.758. The Morgan fingerprint density at radius 1 is 1.00 bits per heavy atom. The Hall–Kier alpha value is -1.82. The second-order valence-electron chi connectivity index (χ2n) is 9.33. The largest absolute Gasteiger partial charge is 0.474 e. The van der Waals surface area contributed by atoms with Crippen molar-refractivity contribution in [2.45, 2.75) is 76.9 Å². The summed E-state index contributed by atoms with van der Waals surface area (Å²) >= 11 is 0. The zero-order chi connectivity index (χ0) is 20.6. The number of carbonyl (C=O) groups is 1. The maximum absolute atomic E-state index is 12.6. The fourth-order valence-electron chi connectivity index (χ4n) is 5.09. The van der Waals surface area contributed by atoms with E-state index in [1.807, 2.05) is 17.0 Å². The van der Waals surface area contributed by atoms with Crippen molar-refractivity contribution in [2.24, 2.45) is 5.92 Å². The summed E-state index contributed by atoms with van der Waals surface area (Å²) in [6.45, 7) is 6.01. The van der Waals surface area contributed by atoms with Crippen LogP contribution in [0.5, 0.6) is 5.88 Å². The molecule has 6 nitrogen and oxygen atoms in total. The predicted molar refractivity (Wildman–Crippen MR) is 119 cm³/mol. The SMILES string of the molecule is O=C(NCc1ccnc(OC2CCCC2)c1)N1CCC(CN2CCCCCC2)CC1. The lowest BCUT2D eigenvalue weighted by atomic mass is 9.96. The van der Waals surface area contributed by atoms with E-state index in [1.54, 1.807) is 6.20 Å². The summed E-state index contributed by atoms with van der Waals surface area (Å²) in [6.07, 6.45) is 14.5. The van der Waals surface area contributed by atoms with Gasteiger partial charge in [0.15, 0.2) is 0 Å². The number of piperidine rings is 1. The number of ether oxygens (including phenoxy) is 1. The normalized spacial score (nSPS) is 22.1. The van der Waals surface area contributed by atoms with Gasteiger partial charge in [-0.15, -0.1) is 0 Å². The van der Waals surface area contributed by atoms with E-state index in [1.165, 1.54) is 58.2 Å². The molecule has 4 rings (SSSR count). The molecule has 0 aromatic carbocycles. The summed E-state index contributed by atoms with van der Waals surface area (Å²) < 4.78 is 5.98. The van der Waals surface area contributed by atoms with Crippen LogP contribution in [0.3, 0.4) is 0 Å². The molecule has 0 spiro atoms. The predicted octanol–water partition coefficient (Wildman–Crippen LogP) is 4.20. The number of carbonyl (C=O) groups excluding carboxylic acids is 1. The first kappa shape index (κ1) is 21.4. The van der Waals surface area contributed by atoms with Crippen LogP contribution in [0.25, 0.3) is 0 Å². The molecule has 166 valence electrons. The summed E-state index contributed by atoms with van der Waals surface area (Å²) in [5.74, 6) is 1.42. The maximum Gasteiger partial charge on any atom is 0.317 e. The van der Waals surface area contributed by atoms with Crippen LogP contribution < -0.4 is 10.1 Å². The van der Waals surface area contributed by atoms with Gasteiger partial charge in [-0.05, 0) is 82.0 Å². The van der Waals surface area contributed by atoms with Crippen molar-refractivity contribution in [3.63, 3.8) is 0 Å². The van der Waals surface area contributed by atoms with Crippen LogP contribution in [0.4, 0.5) is 4.79 Å². The fraction of sp³-hybridized carbons (Fsp3) is 0.750. The maximum atomic E-state index is 12.6. The Morgan fingerprint density at radius 2 is 1.73 bits per heavy atom. The molecule has 6 heteroatoms. The molecular weight excluding hydrogens is 376 g/mol. The zero-order valence-corrected chi connectivity index (χ0v) is 18.4. The molecule has 1 aromatic rings. The molecular formula is C24H38N4O2. The summed E-state index contributed by atoms with van der Waals surface area (Å²) in [5, 5.41) is 3.09. The van der Waals surface area contributed by atoms with E-state index in [9.17, 15) is 4.79 Å². The molecule has 0 atom stereocenters. The van der Waals surface area contributed by atoms with Crippen molar-refractivity contribution in [3.05, 3.63) is 23.9 Å². The smallest absolute Gasteiger partial charge is 0.317 e. The van der Waals surface area contributed by atoms with E-state index in [4.69, 9.17) is 4.74 Å². The average Bonchev–Trinajstić information content (AvgIpc) is 3.15. The van der Waals surface area contributed by atoms with Gasteiger partial charge in [-0.25, -0.2) is 9.78 Å². The van der Waals surface area contributed by atoms with Crippen LogP contribution in [0.15, 0.2) is 18.3 Å². The standard InChI is InChI=1S/C24H38N4O2/c29-24(26-18-21-9-12-25-23(17-21)30-22-7-3-4-8-22)28-15-10-20(11-16-28)19-27-13-5-1-2-6-14-27/h9,12,17,20,22H,1-8,10-11,13-16,18-19H2,(H,26,29). The topological polar surface area (TPSA) is 57.7 Å². The average molecular weight is 415 g/mol. The molecule has 1 saturated carbocycles. The lowest BCUT2D eigenvalue weighted by molar-refractivity contribution is 0.147. The van der Waals surface area contributed by atoms with Gasteiger partial charge < -0.3 is 19.9 Å². The van der Waals surface area contributed by atoms with Crippen molar-refractivity contribution in [1.29, 1.82) is 0 Å². The van der Waals surface area contributed by atoms with Crippen LogP contribution in [-0.2, 0) is 6.54 Å². The van der Waals surface area contributed by atoms with Crippen LogP contribution in [0, 0.1) is 5.92 Å². The number of hydrogen-bond donors (Lipinski definition) is 1. The molecule has 30 heavy (non-hydrogen) atoms. The minimum atomic E-state index is 0.0540. The first-order valence-electron chi connectivity index (χ1n) is 12.1. The minimum Gasteiger partial charge on any atom is -0.474 e. The van der Waals surface area contributed by atoms with Gasteiger partial charge in [0, 0.05) is 38.4 Å². The molecule has 1 aliphatic carbocycles. The monoisotopic (exact) mass is 414 g/mol. The third kappa shape index (κ3) is 6.34. The molecule has 0 bridgehead atoms. The van der Waals surface area contributed by atoms with Gasteiger partial charge >= 0.3 is 6.03 Å². The molecule has 3 heterocycles. The first-order valence-corrected chi connectivity index (χ1v) is 12.1. The van der Waals surface area contributed by atoms with Crippen LogP contribution in [0.1, 0.15) is 69.8 Å². The minimum absolute atomic E-state index is 0.0540. The first-order chi connectivity index (χ1) is 14.8. The van der Waals surface area contributed by atoms with Gasteiger partial charge in [-0.1, -0.05) is 12.8 Å². The Balaban J connectivity index is 1.18. The van der Waals surface area contributed by atoms with E-state index in [0.29, 0.717) is 18.5 Å². The number of amides is 2. The number of rotatable bonds is 6. The molecule has 1 aromatic heterocycles. The van der Waals surface area contributed by atoms with Gasteiger partial charge in [0.1, 0.15) is 6.10 Å². The molecule has 0 radical (unpaired) electrons. The highest BCUT2D eigenvalue weighted by Crippen LogP contribution is 2.23. The Labute approximate surface area is 181 Å². The van der Waals surface area contributed by atoms with Crippen molar-refractivity contribution in [3.8, 4) is 5.88 Å². The van der Waals surface area contributed by atoms with Gasteiger partial charge in [0.05, 0.1) is 0 Å². The fourth-order valence-corrected chi connectivity index (χ4v) is 5.09. The van der Waals surface area contributed by atoms with E-state index in [-0.39, 0.29) is 6.03 Å². The molecule has 3 aliphatic rings. The van der Waals surface area contributed by atoms with Gasteiger partial charge in [-0.2, -0.15) is 0 Å². The molecule has 2 amide bonds. The number of aromatic nitrogens is 1. The number of urea groups is 1. The molecule has 2 aliphatic heterocycles. The van der Waals surface area contributed by atoms with Crippen molar-refractivity contribution >= 4 is 6.03 Å². The van der Waals surface area contributed by atoms with Gasteiger partial charge in [0.2, 0.25) is 5.88 Å². The van der Waals surface area contributed by atoms with Gasteiger partial charge in [-0.3, -0.25) is 0 Å². The molecule has 3 fully saturated rings. The number of hydrogen-bond acceptors (Lipinski definition) is 4. The number of likely N-dealkylation sites (tertiary alicyclic amines) is 2. The molecule has 0 unspecified atom stereocenters. The second-order valence-corrected chi connectivity index (χ2v) is 9.33. The molecule has 2 saturated heterocycles. The third-order valence-electron chi connectivity index (χ3n) is 6.95. The number of nitrogens with one attached hydrogen (secondary N) is 1. The Kier molecular flexibility index (Phi) is 7.84. The van der Waals surface area contributed by atoms with Crippen molar-refractivity contribution < 1.29 is 9.53 Å². The lowest BCUT2D eigenvalue weighted by Gasteiger charge is -2.34. The second kappa shape index (κ2) is 11.0. The lowest BCUT2D eigenvalue weighted by Crippen LogP contribution is -2.45. The number of nitrogens with zero attached hydrogens (tertiary/aromatic N) is 3. The highest BCUT2D eigenvalue weighted by atomic mass is 16.5. The third-order valence-corrected chi connectivity index (χ3v) is 6.95. The highest BCUT2D eigenvalue weighted by molar-refractivity contribution is 5.74. The Morgan fingerprint density at radius 3 is 2.47 bits per heavy atom. The summed E-state index contributed by atoms with van der Waals surface area (Å²) in [4.78, 5) is 21.6. The molecule has 1 N–H and O–H groups in total. The van der Waals surface area contributed by atoms with E-state index in [2.05, 4.69) is 15.2 Å². The summed E-state index contributed by atoms with van der Waals surface area (Å²) in [7, 11) is 0. The van der Waals surface area contributed by atoms with E-state index >= 15 is 0 Å². The van der Waals surface area contributed by atoms with E-state index < -0.39 is 0 Å². The van der Waals surface area contributed by atoms with Gasteiger partial charge in [0.25, 0.3) is 0 Å². The van der Waals surface area contributed by atoms with Crippen LogP contribution in [0.2, 0.25) is 0 Å². The van der Waals surface area contributed by atoms with Crippen LogP contribution >= 0.6 is 0 Å². The zero-order valence-electron chi connectivity index (χ0n) is 18.4. The highest BCUT2D eigenvalue weighted by Gasteiger charge is 2.24. The van der Waals surface area contributed by atoms with Crippen molar-refractivity contribution in [2.75, 3.05) is 32.7 Å². The van der Waals surface area contributed by atoms with Crippen molar-refractivity contribution in [1.82, 2.24) is 20.1 Å². The number of pyridine rings is 1. The summed E-state index contributed by atoms with van der Waals surface area (Å²) in [5.41, 5.74) is 1.04. The summed E-state index contributed by atoms with van der Waals surface area (Å²) in [6, 6.07) is 3.97.